The third-order valence-corrected chi connectivity index (χ3v) is 3.22. The van der Waals surface area contributed by atoms with Gasteiger partial charge < -0.3 is 5.32 Å². The van der Waals surface area contributed by atoms with Gasteiger partial charge in [0.1, 0.15) is 0 Å². The van der Waals surface area contributed by atoms with Gasteiger partial charge in [-0.25, -0.2) is 0 Å². The van der Waals surface area contributed by atoms with Gasteiger partial charge in [-0.3, -0.25) is 0 Å². The lowest BCUT2D eigenvalue weighted by Crippen LogP contribution is -2.31. The van der Waals surface area contributed by atoms with Gasteiger partial charge in [-0.05, 0) is 37.6 Å². The van der Waals surface area contributed by atoms with E-state index in [0.717, 1.165) is 34.1 Å². The first kappa shape index (κ1) is 13.6. The molecule has 1 atom stereocenters. The fourth-order valence-electron chi connectivity index (χ4n) is 1.60. The third kappa shape index (κ3) is 3.51. The summed E-state index contributed by atoms with van der Waals surface area (Å²) < 4.78 is 0. The third-order valence-electron chi connectivity index (χ3n) is 2.52. The molecule has 0 saturated carbocycles. The summed E-state index contributed by atoms with van der Waals surface area (Å²) in [6, 6.07) is 5.81. The normalized spacial score (nSPS) is 12.5. The first-order valence-corrected chi connectivity index (χ1v) is 6.13. The van der Waals surface area contributed by atoms with Crippen LogP contribution in [-0.4, -0.2) is 12.6 Å². The maximum absolute atomic E-state index is 6.14. The molecule has 1 rings (SSSR count). The molecule has 0 saturated heterocycles. The highest BCUT2D eigenvalue weighted by atomic mass is 35.5. The zero-order chi connectivity index (χ0) is 12.1. The van der Waals surface area contributed by atoms with E-state index in [9.17, 15) is 0 Å². The summed E-state index contributed by atoms with van der Waals surface area (Å²) in [5.41, 5.74) is 2.08. The van der Waals surface area contributed by atoms with E-state index >= 15 is 0 Å². The standard InChI is InChI=1S/C13H17Cl2N/c1-4-16-13(9(2)3)8-10-11(14)6-5-7-12(10)15/h5-7,13,16H,2,4,8H2,1,3H3. The van der Waals surface area contributed by atoms with Gasteiger partial charge in [-0.1, -0.05) is 48.3 Å². The van der Waals surface area contributed by atoms with Crippen LogP contribution in [0.15, 0.2) is 30.4 Å². The zero-order valence-corrected chi connectivity index (χ0v) is 11.2. The summed E-state index contributed by atoms with van der Waals surface area (Å²) in [5, 5.41) is 4.81. The fourth-order valence-corrected chi connectivity index (χ4v) is 2.15. The molecule has 0 fully saturated rings. The topological polar surface area (TPSA) is 12.0 Å². The molecule has 0 aromatic heterocycles. The summed E-state index contributed by atoms with van der Waals surface area (Å²) in [7, 11) is 0. The molecule has 0 amide bonds. The molecule has 88 valence electrons. The summed E-state index contributed by atoms with van der Waals surface area (Å²) in [6.07, 6.45) is 0.779. The van der Waals surface area contributed by atoms with Crippen LogP contribution in [0.3, 0.4) is 0 Å². The first-order valence-electron chi connectivity index (χ1n) is 5.38. The zero-order valence-electron chi connectivity index (χ0n) is 9.69. The van der Waals surface area contributed by atoms with Gasteiger partial charge >= 0.3 is 0 Å². The van der Waals surface area contributed by atoms with Crippen LogP contribution in [0.4, 0.5) is 0 Å². The Morgan fingerprint density at radius 1 is 1.38 bits per heavy atom. The Morgan fingerprint density at radius 2 is 1.94 bits per heavy atom. The lowest BCUT2D eigenvalue weighted by molar-refractivity contribution is 0.588. The molecule has 1 N–H and O–H groups in total. The van der Waals surface area contributed by atoms with Crippen LogP contribution in [0, 0.1) is 0 Å². The molecule has 0 heterocycles. The van der Waals surface area contributed by atoms with E-state index in [1.54, 1.807) is 0 Å². The molecule has 1 nitrogen and oxygen atoms in total. The van der Waals surface area contributed by atoms with Crippen molar-refractivity contribution in [3.05, 3.63) is 46.0 Å². The van der Waals surface area contributed by atoms with E-state index in [1.165, 1.54) is 0 Å². The Balaban J connectivity index is 2.89. The molecule has 0 bridgehead atoms. The van der Waals surface area contributed by atoms with E-state index in [-0.39, 0.29) is 6.04 Å². The Kier molecular flexibility index (Phi) is 5.33. The molecule has 1 unspecified atom stereocenters. The Hall–Kier alpha value is -0.500. The van der Waals surface area contributed by atoms with E-state index < -0.39 is 0 Å². The fraction of sp³-hybridized carbons (Fsp3) is 0.385. The summed E-state index contributed by atoms with van der Waals surface area (Å²) >= 11 is 12.3. The molecule has 0 spiro atoms. The van der Waals surface area contributed by atoms with E-state index in [4.69, 9.17) is 23.2 Å². The lowest BCUT2D eigenvalue weighted by atomic mass is 10.0. The van der Waals surface area contributed by atoms with Gasteiger partial charge in [0.05, 0.1) is 0 Å². The van der Waals surface area contributed by atoms with Gasteiger partial charge in [0.2, 0.25) is 0 Å². The van der Waals surface area contributed by atoms with Crippen molar-refractivity contribution in [2.75, 3.05) is 6.54 Å². The summed E-state index contributed by atoms with van der Waals surface area (Å²) in [5.74, 6) is 0. The second kappa shape index (κ2) is 6.29. The van der Waals surface area contributed by atoms with Crippen molar-refractivity contribution in [1.82, 2.24) is 5.32 Å². The largest absolute Gasteiger partial charge is 0.310 e. The van der Waals surface area contributed by atoms with E-state index in [0.29, 0.717) is 0 Å². The monoisotopic (exact) mass is 257 g/mol. The molecule has 16 heavy (non-hydrogen) atoms. The Labute approximate surface area is 107 Å². The lowest BCUT2D eigenvalue weighted by Gasteiger charge is -2.19. The van der Waals surface area contributed by atoms with Crippen LogP contribution in [0.1, 0.15) is 19.4 Å². The minimum atomic E-state index is 0.224. The maximum Gasteiger partial charge on any atom is 0.0453 e. The minimum absolute atomic E-state index is 0.224. The van der Waals surface area contributed by atoms with Crippen LogP contribution in [0.5, 0.6) is 0 Å². The number of hydrogen-bond acceptors (Lipinski definition) is 1. The maximum atomic E-state index is 6.14. The predicted molar refractivity (Wildman–Crippen MR) is 72.4 cm³/mol. The van der Waals surface area contributed by atoms with Crippen molar-refractivity contribution >= 4 is 23.2 Å². The molecule has 0 aliphatic rings. The molecule has 1 aromatic carbocycles. The van der Waals surface area contributed by atoms with Crippen LogP contribution in [-0.2, 0) is 6.42 Å². The molecule has 0 aliphatic carbocycles. The number of benzene rings is 1. The number of hydrogen-bond donors (Lipinski definition) is 1. The molecule has 0 aliphatic heterocycles. The van der Waals surface area contributed by atoms with Crippen molar-refractivity contribution < 1.29 is 0 Å². The van der Waals surface area contributed by atoms with Crippen molar-refractivity contribution in [2.24, 2.45) is 0 Å². The quantitative estimate of drug-likeness (QED) is 0.784. The Morgan fingerprint density at radius 3 is 2.38 bits per heavy atom. The molecule has 1 aromatic rings. The molecular formula is C13H17Cl2N. The van der Waals surface area contributed by atoms with Crippen molar-refractivity contribution in [2.45, 2.75) is 26.3 Å². The van der Waals surface area contributed by atoms with Crippen LogP contribution in [0.25, 0.3) is 0 Å². The second-order valence-corrected chi connectivity index (χ2v) is 4.68. The summed E-state index contributed by atoms with van der Waals surface area (Å²) in [6.45, 7) is 8.97. The average Bonchev–Trinajstić information content (AvgIpc) is 2.21. The number of nitrogens with one attached hydrogen (secondary N) is 1. The molecule has 0 radical (unpaired) electrons. The smallest absolute Gasteiger partial charge is 0.0453 e. The van der Waals surface area contributed by atoms with Gasteiger partial charge in [-0.2, -0.15) is 0 Å². The second-order valence-electron chi connectivity index (χ2n) is 3.86. The van der Waals surface area contributed by atoms with Gasteiger partial charge in [0.25, 0.3) is 0 Å². The number of halogens is 2. The van der Waals surface area contributed by atoms with Crippen LogP contribution >= 0.6 is 23.2 Å². The van der Waals surface area contributed by atoms with E-state index in [1.807, 2.05) is 25.1 Å². The molecular weight excluding hydrogens is 241 g/mol. The van der Waals surface area contributed by atoms with E-state index in [2.05, 4.69) is 18.8 Å². The van der Waals surface area contributed by atoms with Gasteiger partial charge in [0.15, 0.2) is 0 Å². The van der Waals surface area contributed by atoms with Crippen LogP contribution < -0.4 is 5.32 Å². The van der Waals surface area contributed by atoms with Gasteiger partial charge in [0, 0.05) is 16.1 Å². The predicted octanol–water partition coefficient (Wildman–Crippen LogP) is 4.09. The molecule has 3 heteroatoms. The van der Waals surface area contributed by atoms with Gasteiger partial charge in [-0.15, -0.1) is 0 Å². The van der Waals surface area contributed by atoms with Crippen molar-refractivity contribution in [3.8, 4) is 0 Å². The summed E-state index contributed by atoms with van der Waals surface area (Å²) in [4.78, 5) is 0. The highest BCUT2D eigenvalue weighted by molar-refractivity contribution is 6.36. The highest BCUT2D eigenvalue weighted by Gasteiger charge is 2.13. The van der Waals surface area contributed by atoms with Crippen molar-refractivity contribution in [1.29, 1.82) is 0 Å². The SMILES string of the molecule is C=C(C)C(Cc1c(Cl)cccc1Cl)NCC. The van der Waals surface area contributed by atoms with Crippen LogP contribution in [0.2, 0.25) is 10.0 Å². The highest BCUT2D eigenvalue weighted by Crippen LogP contribution is 2.26. The first-order chi connectivity index (χ1) is 7.56. The van der Waals surface area contributed by atoms with Crippen molar-refractivity contribution in [3.63, 3.8) is 0 Å². The number of rotatable bonds is 5. The Bertz CT molecular complexity index is 354. The average molecular weight is 258 g/mol. The number of likely N-dealkylation sites (N-methyl/N-ethyl adjacent to an activating group) is 1. The minimum Gasteiger partial charge on any atom is -0.310 e.